The third kappa shape index (κ3) is 3.96. The predicted molar refractivity (Wildman–Crippen MR) is 83.1 cm³/mol. The second kappa shape index (κ2) is 7.38. The Balaban J connectivity index is 2.18. The number of aliphatic hydroxyl groups is 3. The summed E-state index contributed by atoms with van der Waals surface area (Å²) in [7, 11) is 0. The van der Waals surface area contributed by atoms with Gasteiger partial charge in [-0.2, -0.15) is 0 Å². The zero-order valence-electron chi connectivity index (χ0n) is 11.9. The molecule has 122 valence electrons. The van der Waals surface area contributed by atoms with E-state index in [1.165, 1.54) is 6.92 Å². The number of hydrogen-bond donors (Lipinski definition) is 5. The van der Waals surface area contributed by atoms with Crippen molar-refractivity contribution in [2.24, 2.45) is 0 Å². The van der Waals surface area contributed by atoms with Crippen LogP contribution in [0.1, 0.15) is 6.92 Å². The number of nitrogens with one attached hydrogen (secondary N) is 2. The summed E-state index contributed by atoms with van der Waals surface area (Å²) in [6, 6.07) is 6.40. The van der Waals surface area contributed by atoms with Gasteiger partial charge in [-0.1, -0.05) is 15.9 Å². The molecule has 0 aromatic heterocycles. The Hall–Kier alpha value is -1.19. The van der Waals surface area contributed by atoms with Crippen LogP contribution in [0.25, 0.3) is 0 Å². The molecule has 0 spiro atoms. The number of carbonyl (C=O) groups is 1. The van der Waals surface area contributed by atoms with Crippen molar-refractivity contribution in [1.29, 1.82) is 0 Å². The molecule has 0 saturated carbocycles. The van der Waals surface area contributed by atoms with Crippen LogP contribution in [0.15, 0.2) is 28.7 Å². The average molecular weight is 375 g/mol. The van der Waals surface area contributed by atoms with Crippen molar-refractivity contribution in [1.82, 2.24) is 5.32 Å². The highest BCUT2D eigenvalue weighted by atomic mass is 79.9. The lowest BCUT2D eigenvalue weighted by Crippen LogP contribution is -2.65. The van der Waals surface area contributed by atoms with Gasteiger partial charge in [0.2, 0.25) is 5.91 Å². The van der Waals surface area contributed by atoms with E-state index in [2.05, 4.69) is 26.6 Å². The lowest BCUT2D eigenvalue weighted by molar-refractivity contribution is -0.188. The molecule has 0 bridgehead atoms. The summed E-state index contributed by atoms with van der Waals surface area (Å²) < 4.78 is 6.48. The van der Waals surface area contributed by atoms with E-state index in [4.69, 9.17) is 4.74 Å². The highest BCUT2D eigenvalue weighted by Gasteiger charge is 2.44. The molecule has 5 N–H and O–H groups in total. The molecule has 1 fully saturated rings. The van der Waals surface area contributed by atoms with Crippen molar-refractivity contribution in [3.05, 3.63) is 28.7 Å². The molecular formula is C14H19BrN2O5. The number of carbonyl (C=O) groups excluding carboxylic acids is 1. The summed E-state index contributed by atoms with van der Waals surface area (Å²) in [6.07, 6.45) is -4.28. The number of halogens is 1. The van der Waals surface area contributed by atoms with Gasteiger partial charge in [-0.3, -0.25) is 4.79 Å². The zero-order chi connectivity index (χ0) is 16.3. The van der Waals surface area contributed by atoms with Crippen LogP contribution in [0.4, 0.5) is 5.69 Å². The largest absolute Gasteiger partial charge is 0.394 e. The van der Waals surface area contributed by atoms with Gasteiger partial charge in [-0.05, 0) is 24.3 Å². The lowest BCUT2D eigenvalue weighted by atomic mass is 9.96. The van der Waals surface area contributed by atoms with Gasteiger partial charge in [-0.15, -0.1) is 0 Å². The Labute approximate surface area is 136 Å². The van der Waals surface area contributed by atoms with E-state index in [0.29, 0.717) is 5.69 Å². The van der Waals surface area contributed by atoms with Crippen LogP contribution in [0.5, 0.6) is 0 Å². The minimum atomic E-state index is -1.29. The highest BCUT2D eigenvalue weighted by Crippen LogP contribution is 2.23. The molecule has 5 atom stereocenters. The molecule has 1 aliphatic rings. The molecule has 22 heavy (non-hydrogen) atoms. The lowest BCUT2D eigenvalue weighted by Gasteiger charge is -2.43. The summed E-state index contributed by atoms with van der Waals surface area (Å²) in [4.78, 5) is 11.3. The monoisotopic (exact) mass is 374 g/mol. The summed E-state index contributed by atoms with van der Waals surface area (Å²) >= 11 is 3.33. The first-order valence-electron chi connectivity index (χ1n) is 6.84. The van der Waals surface area contributed by atoms with Crippen molar-refractivity contribution in [2.45, 2.75) is 37.5 Å². The number of aliphatic hydroxyl groups excluding tert-OH is 3. The number of hydrogen-bond acceptors (Lipinski definition) is 6. The molecule has 7 nitrogen and oxygen atoms in total. The number of rotatable bonds is 4. The average Bonchev–Trinajstić information content (AvgIpc) is 2.48. The topological polar surface area (TPSA) is 111 Å². The van der Waals surface area contributed by atoms with Crippen molar-refractivity contribution < 1.29 is 24.9 Å². The predicted octanol–water partition coefficient (Wildman–Crippen LogP) is -0.195. The first-order chi connectivity index (χ1) is 10.4. The normalized spacial score (nSPS) is 31.6. The van der Waals surface area contributed by atoms with Gasteiger partial charge in [-0.25, -0.2) is 0 Å². The Bertz CT molecular complexity index is 512. The van der Waals surface area contributed by atoms with Crippen molar-refractivity contribution in [3.8, 4) is 0 Å². The molecule has 8 heteroatoms. The van der Waals surface area contributed by atoms with Crippen molar-refractivity contribution in [2.75, 3.05) is 11.9 Å². The maximum absolute atomic E-state index is 11.3. The SMILES string of the molecule is CC(=O)N[C@H]1C(Nc2ccc(Br)cc2)O[C@H](CO)[C@@H](O)[C@@H]1O. The van der Waals surface area contributed by atoms with Gasteiger partial charge in [0.1, 0.15) is 24.4 Å². The fraction of sp³-hybridized carbons (Fsp3) is 0.500. The van der Waals surface area contributed by atoms with Crippen LogP contribution in [0.3, 0.4) is 0 Å². The number of anilines is 1. The molecule has 1 saturated heterocycles. The van der Waals surface area contributed by atoms with Gasteiger partial charge in [0.25, 0.3) is 0 Å². The van der Waals surface area contributed by atoms with E-state index in [1.807, 2.05) is 12.1 Å². The van der Waals surface area contributed by atoms with Crippen LogP contribution < -0.4 is 10.6 Å². The second-order valence-electron chi connectivity index (χ2n) is 5.14. The Morgan fingerprint density at radius 3 is 2.45 bits per heavy atom. The Kier molecular flexibility index (Phi) is 5.76. The fourth-order valence-electron chi connectivity index (χ4n) is 2.35. The molecule has 0 radical (unpaired) electrons. The molecule has 0 aliphatic carbocycles. The van der Waals surface area contributed by atoms with Crippen LogP contribution >= 0.6 is 15.9 Å². The van der Waals surface area contributed by atoms with Gasteiger partial charge < -0.3 is 30.7 Å². The van der Waals surface area contributed by atoms with E-state index in [9.17, 15) is 20.1 Å². The van der Waals surface area contributed by atoms with Crippen LogP contribution in [-0.2, 0) is 9.53 Å². The smallest absolute Gasteiger partial charge is 0.217 e. The number of ether oxygens (including phenoxy) is 1. The van der Waals surface area contributed by atoms with Gasteiger partial charge in [0.05, 0.1) is 6.61 Å². The molecule has 2 rings (SSSR count). The van der Waals surface area contributed by atoms with Gasteiger partial charge in [0, 0.05) is 17.1 Å². The Morgan fingerprint density at radius 2 is 1.91 bits per heavy atom. The van der Waals surface area contributed by atoms with Crippen molar-refractivity contribution >= 4 is 27.5 Å². The second-order valence-corrected chi connectivity index (χ2v) is 6.05. The first-order valence-corrected chi connectivity index (χ1v) is 7.63. The molecule has 1 aliphatic heterocycles. The standard InChI is InChI=1S/C14H19BrN2O5/c1-7(19)16-11-13(21)12(20)10(6-18)22-14(11)17-9-4-2-8(15)3-5-9/h2-5,10-14,17-18,20-21H,6H2,1H3,(H,16,19)/t10-,11-,12-,13-,14?/m1/s1. The van der Waals surface area contributed by atoms with Crippen LogP contribution in [0.2, 0.25) is 0 Å². The molecule has 1 unspecified atom stereocenters. The van der Waals surface area contributed by atoms with E-state index in [1.54, 1.807) is 12.1 Å². The Morgan fingerprint density at radius 1 is 1.27 bits per heavy atom. The number of benzene rings is 1. The molecule has 1 amide bonds. The molecular weight excluding hydrogens is 356 g/mol. The van der Waals surface area contributed by atoms with Crippen molar-refractivity contribution in [3.63, 3.8) is 0 Å². The minimum absolute atomic E-state index is 0.357. The molecule has 1 aromatic carbocycles. The van der Waals surface area contributed by atoms with E-state index in [-0.39, 0.29) is 5.91 Å². The first kappa shape index (κ1) is 17.2. The minimum Gasteiger partial charge on any atom is -0.394 e. The third-order valence-electron chi connectivity index (χ3n) is 3.45. The molecule has 1 aromatic rings. The van der Waals surface area contributed by atoms with Gasteiger partial charge in [0.15, 0.2) is 6.23 Å². The van der Waals surface area contributed by atoms with E-state index in [0.717, 1.165) is 4.47 Å². The summed E-state index contributed by atoms with van der Waals surface area (Å²) in [5.74, 6) is -0.357. The maximum Gasteiger partial charge on any atom is 0.217 e. The number of amides is 1. The van der Waals surface area contributed by atoms with Gasteiger partial charge >= 0.3 is 0 Å². The zero-order valence-corrected chi connectivity index (χ0v) is 13.5. The summed E-state index contributed by atoms with van der Waals surface area (Å²) in [5, 5.41) is 34.9. The molecule has 1 heterocycles. The summed E-state index contributed by atoms with van der Waals surface area (Å²) in [6.45, 7) is 0.872. The third-order valence-corrected chi connectivity index (χ3v) is 3.98. The van der Waals surface area contributed by atoms with Crippen LogP contribution in [0, 0.1) is 0 Å². The van der Waals surface area contributed by atoms with E-state index >= 15 is 0 Å². The van der Waals surface area contributed by atoms with Crippen LogP contribution in [-0.4, -0.2) is 58.4 Å². The fourth-order valence-corrected chi connectivity index (χ4v) is 2.61. The van der Waals surface area contributed by atoms with E-state index < -0.39 is 37.2 Å². The maximum atomic E-state index is 11.3. The summed E-state index contributed by atoms with van der Waals surface area (Å²) in [5.41, 5.74) is 0.712. The highest BCUT2D eigenvalue weighted by molar-refractivity contribution is 9.10. The quantitative estimate of drug-likeness (QED) is 0.499.